The summed E-state index contributed by atoms with van der Waals surface area (Å²) >= 11 is 0. The second-order valence-corrected chi connectivity index (χ2v) is 5.01. The fourth-order valence-electron chi connectivity index (χ4n) is 2.71. The predicted octanol–water partition coefficient (Wildman–Crippen LogP) is 2.18. The van der Waals surface area contributed by atoms with Crippen molar-refractivity contribution in [2.45, 2.75) is 26.3 Å². The molecule has 2 N–H and O–H groups in total. The molecule has 100 valence electrons. The molecule has 0 saturated heterocycles. The summed E-state index contributed by atoms with van der Waals surface area (Å²) in [5, 5.41) is 4.48. The van der Waals surface area contributed by atoms with Crippen LogP contribution in [0, 0.1) is 6.92 Å². The summed E-state index contributed by atoms with van der Waals surface area (Å²) in [4.78, 5) is 0. The van der Waals surface area contributed by atoms with Crippen LogP contribution in [0.5, 0.6) is 5.75 Å². The maximum Gasteiger partial charge on any atom is 0.122 e. The lowest BCUT2D eigenvalue weighted by Crippen LogP contribution is -2.08. The van der Waals surface area contributed by atoms with Gasteiger partial charge in [0.2, 0.25) is 0 Å². The normalized spacial score (nSPS) is 14.1. The van der Waals surface area contributed by atoms with Gasteiger partial charge in [0, 0.05) is 24.8 Å². The van der Waals surface area contributed by atoms with Crippen LogP contribution >= 0.6 is 0 Å². The minimum Gasteiger partial charge on any atom is -0.493 e. The molecule has 2 aromatic rings. The Bertz CT molecular complexity index is 616. The topological polar surface area (TPSA) is 53.1 Å². The van der Waals surface area contributed by atoms with E-state index < -0.39 is 0 Å². The Morgan fingerprint density at radius 3 is 3.05 bits per heavy atom. The molecule has 0 saturated carbocycles. The number of aryl methyl sites for hydroxylation is 2. The summed E-state index contributed by atoms with van der Waals surface area (Å²) in [6, 6.07) is 6.39. The number of nitrogens with zero attached hydrogens (tertiary/aromatic N) is 2. The van der Waals surface area contributed by atoms with Gasteiger partial charge < -0.3 is 10.5 Å². The zero-order valence-corrected chi connectivity index (χ0v) is 11.4. The number of aromatic nitrogens is 2. The van der Waals surface area contributed by atoms with Crippen LogP contribution in [0.3, 0.4) is 0 Å². The van der Waals surface area contributed by atoms with E-state index in [1.807, 2.05) is 11.7 Å². The first-order chi connectivity index (χ1) is 9.20. The molecule has 2 heterocycles. The lowest BCUT2D eigenvalue weighted by molar-refractivity contribution is 0.288. The minimum absolute atomic E-state index is 0.463. The third-order valence-electron chi connectivity index (χ3n) is 3.80. The highest BCUT2D eigenvalue weighted by Crippen LogP contribution is 2.33. The van der Waals surface area contributed by atoms with E-state index in [1.54, 1.807) is 0 Å². The summed E-state index contributed by atoms with van der Waals surface area (Å²) in [6.07, 6.45) is 2.17. The summed E-state index contributed by atoms with van der Waals surface area (Å²) in [5.41, 5.74) is 11.6. The Kier molecular flexibility index (Phi) is 3.03. The number of fused-ring (bicyclic) bond motifs is 1. The maximum atomic E-state index is 5.81. The van der Waals surface area contributed by atoms with Gasteiger partial charge in [0.05, 0.1) is 12.3 Å². The second kappa shape index (κ2) is 4.70. The lowest BCUT2D eigenvalue weighted by Gasteiger charge is -2.18. The largest absolute Gasteiger partial charge is 0.493 e. The first-order valence-corrected chi connectivity index (χ1v) is 6.69. The SMILES string of the molecule is Cc1c(-c2ccc3c(c2)CCCO3)c(CN)nn1C. The molecule has 0 unspecified atom stereocenters. The van der Waals surface area contributed by atoms with Crippen molar-refractivity contribution in [3.05, 3.63) is 35.2 Å². The molecule has 4 heteroatoms. The zero-order valence-electron chi connectivity index (χ0n) is 11.4. The minimum atomic E-state index is 0.463. The van der Waals surface area contributed by atoms with Gasteiger partial charge in [-0.3, -0.25) is 4.68 Å². The Hall–Kier alpha value is -1.81. The molecule has 1 aromatic carbocycles. The van der Waals surface area contributed by atoms with E-state index in [1.165, 1.54) is 16.7 Å². The molecular weight excluding hydrogens is 238 g/mol. The molecule has 1 aliphatic rings. The third kappa shape index (κ3) is 2.02. The van der Waals surface area contributed by atoms with Crippen LogP contribution in [0.25, 0.3) is 11.1 Å². The molecule has 4 nitrogen and oxygen atoms in total. The van der Waals surface area contributed by atoms with Crippen LogP contribution in [0.2, 0.25) is 0 Å². The van der Waals surface area contributed by atoms with E-state index in [2.05, 4.69) is 30.2 Å². The van der Waals surface area contributed by atoms with E-state index in [9.17, 15) is 0 Å². The summed E-state index contributed by atoms with van der Waals surface area (Å²) < 4.78 is 7.56. The van der Waals surface area contributed by atoms with Crippen molar-refractivity contribution < 1.29 is 4.74 Å². The van der Waals surface area contributed by atoms with Crippen LogP contribution in [0.4, 0.5) is 0 Å². The Balaban J connectivity index is 2.12. The molecule has 0 fully saturated rings. The quantitative estimate of drug-likeness (QED) is 0.897. The fraction of sp³-hybridized carbons (Fsp3) is 0.400. The molecule has 0 bridgehead atoms. The predicted molar refractivity (Wildman–Crippen MR) is 75.1 cm³/mol. The summed E-state index contributed by atoms with van der Waals surface area (Å²) in [5.74, 6) is 1.02. The lowest BCUT2D eigenvalue weighted by atomic mass is 9.97. The highest BCUT2D eigenvalue weighted by molar-refractivity contribution is 5.70. The molecule has 0 atom stereocenters. The molecule has 0 spiro atoms. The average molecular weight is 257 g/mol. The number of hydrogen-bond acceptors (Lipinski definition) is 3. The first kappa shape index (κ1) is 12.2. The van der Waals surface area contributed by atoms with Crippen molar-refractivity contribution in [3.8, 4) is 16.9 Å². The number of hydrogen-bond donors (Lipinski definition) is 1. The van der Waals surface area contributed by atoms with Crippen molar-refractivity contribution >= 4 is 0 Å². The van der Waals surface area contributed by atoms with E-state index in [0.717, 1.165) is 36.6 Å². The highest BCUT2D eigenvalue weighted by Gasteiger charge is 2.16. The van der Waals surface area contributed by atoms with Gasteiger partial charge in [-0.05, 0) is 43.0 Å². The van der Waals surface area contributed by atoms with E-state index >= 15 is 0 Å². The molecule has 1 aliphatic heterocycles. The molecular formula is C15H19N3O. The highest BCUT2D eigenvalue weighted by atomic mass is 16.5. The summed E-state index contributed by atoms with van der Waals surface area (Å²) in [6.45, 7) is 3.37. The van der Waals surface area contributed by atoms with Gasteiger partial charge in [-0.1, -0.05) is 6.07 Å². The van der Waals surface area contributed by atoms with Crippen molar-refractivity contribution in [1.82, 2.24) is 9.78 Å². The van der Waals surface area contributed by atoms with Crippen molar-refractivity contribution in [2.24, 2.45) is 12.8 Å². The van der Waals surface area contributed by atoms with Crippen molar-refractivity contribution in [2.75, 3.05) is 6.61 Å². The standard InChI is InChI=1S/C15H19N3O/c1-10-15(13(9-16)17-18(10)2)12-5-6-14-11(8-12)4-3-7-19-14/h5-6,8H,3-4,7,9,16H2,1-2H3. The van der Waals surface area contributed by atoms with Gasteiger partial charge in [-0.15, -0.1) is 0 Å². The third-order valence-corrected chi connectivity index (χ3v) is 3.80. The molecule has 3 rings (SSSR count). The first-order valence-electron chi connectivity index (χ1n) is 6.69. The van der Waals surface area contributed by atoms with Gasteiger partial charge in [-0.2, -0.15) is 5.10 Å². The average Bonchev–Trinajstić information content (AvgIpc) is 2.74. The smallest absolute Gasteiger partial charge is 0.122 e. The van der Waals surface area contributed by atoms with Gasteiger partial charge >= 0.3 is 0 Å². The van der Waals surface area contributed by atoms with Crippen molar-refractivity contribution in [1.29, 1.82) is 0 Å². The number of ether oxygens (including phenoxy) is 1. The number of benzene rings is 1. The van der Waals surface area contributed by atoms with E-state index in [4.69, 9.17) is 10.5 Å². The van der Waals surface area contributed by atoms with E-state index in [0.29, 0.717) is 6.54 Å². The van der Waals surface area contributed by atoms with Crippen molar-refractivity contribution in [3.63, 3.8) is 0 Å². The van der Waals surface area contributed by atoms with Crippen LogP contribution < -0.4 is 10.5 Å². The van der Waals surface area contributed by atoms with Crippen LogP contribution in [-0.2, 0) is 20.0 Å². The van der Waals surface area contributed by atoms with Crippen LogP contribution in [0.15, 0.2) is 18.2 Å². The van der Waals surface area contributed by atoms with Crippen LogP contribution in [0.1, 0.15) is 23.4 Å². The molecule has 0 aliphatic carbocycles. The molecule has 0 radical (unpaired) electrons. The number of nitrogens with two attached hydrogens (primary N) is 1. The Labute approximate surface area is 113 Å². The molecule has 19 heavy (non-hydrogen) atoms. The van der Waals surface area contributed by atoms with Gasteiger partial charge in [-0.25, -0.2) is 0 Å². The zero-order chi connectivity index (χ0) is 13.4. The van der Waals surface area contributed by atoms with Gasteiger partial charge in [0.25, 0.3) is 0 Å². The Morgan fingerprint density at radius 2 is 2.26 bits per heavy atom. The summed E-state index contributed by atoms with van der Waals surface area (Å²) in [7, 11) is 1.96. The fourth-order valence-corrected chi connectivity index (χ4v) is 2.71. The molecule has 1 aromatic heterocycles. The molecule has 0 amide bonds. The Morgan fingerprint density at radius 1 is 1.42 bits per heavy atom. The number of rotatable bonds is 2. The monoisotopic (exact) mass is 257 g/mol. The van der Waals surface area contributed by atoms with E-state index in [-0.39, 0.29) is 0 Å². The maximum absolute atomic E-state index is 5.81. The second-order valence-electron chi connectivity index (χ2n) is 5.01. The van der Waals surface area contributed by atoms with Gasteiger partial charge in [0.15, 0.2) is 0 Å². The van der Waals surface area contributed by atoms with Crippen LogP contribution in [-0.4, -0.2) is 16.4 Å². The van der Waals surface area contributed by atoms with Gasteiger partial charge in [0.1, 0.15) is 5.75 Å².